The third-order valence-electron chi connectivity index (χ3n) is 1.51. The molecular weight excluding hydrogens is 200 g/mol. The van der Waals surface area contributed by atoms with Gasteiger partial charge < -0.3 is 18.9 Å². The molecule has 0 aromatic rings. The van der Waals surface area contributed by atoms with Crippen LogP contribution in [0.2, 0.25) is 0 Å². The van der Waals surface area contributed by atoms with Crippen LogP contribution >= 0.6 is 0 Å². The van der Waals surface area contributed by atoms with E-state index in [-0.39, 0.29) is 6.61 Å². The number of rotatable bonds is 8. The zero-order valence-electron chi connectivity index (χ0n) is 9.87. The van der Waals surface area contributed by atoms with Crippen LogP contribution in [0.4, 0.5) is 0 Å². The minimum atomic E-state index is -1.40. The van der Waals surface area contributed by atoms with Crippen LogP contribution in [0.25, 0.3) is 0 Å². The van der Waals surface area contributed by atoms with Crippen molar-refractivity contribution in [3.63, 3.8) is 0 Å². The molecule has 0 aliphatic rings. The highest BCUT2D eigenvalue weighted by molar-refractivity contribution is 5.66. The van der Waals surface area contributed by atoms with Crippen LogP contribution in [0.1, 0.15) is 27.7 Å². The maximum atomic E-state index is 10.9. The van der Waals surface area contributed by atoms with Crippen molar-refractivity contribution < 1.29 is 23.7 Å². The summed E-state index contributed by atoms with van der Waals surface area (Å²) in [5.41, 5.74) is 0. The largest absolute Gasteiger partial charge is 0.406 e. The molecule has 0 bridgehead atoms. The van der Waals surface area contributed by atoms with Gasteiger partial charge in [-0.15, -0.1) is 0 Å². The molecule has 0 atom stereocenters. The van der Waals surface area contributed by atoms with E-state index in [0.717, 1.165) is 0 Å². The summed E-state index contributed by atoms with van der Waals surface area (Å²) in [4.78, 5) is 10.9. The lowest BCUT2D eigenvalue weighted by Crippen LogP contribution is -2.45. The lowest BCUT2D eigenvalue weighted by Gasteiger charge is -2.30. The second kappa shape index (κ2) is 7.62. The number of carbonyl (C=O) groups excluding carboxylic acids is 1. The number of carbonyl (C=O) groups is 1. The molecule has 0 aliphatic carbocycles. The monoisotopic (exact) mass is 220 g/mol. The Balaban J connectivity index is 4.47. The Bertz CT molecular complexity index is 175. The highest BCUT2D eigenvalue weighted by Crippen LogP contribution is 2.16. The summed E-state index contributed by atoms with van der Waals surface area (Å²) < 4.78 is 20.8. The van der Waals surface area contributed by atoms with E-state index in [0.29, 0.717) is 19.8 Å². The fourth-order valence-electron chi connectivity index (χ4n) is 1.10. The minimum Gasteiger partial charge on any atom is -0.406 e. The molecule has 0 aromatic carbocycles. The minimum absolute atomic E-state index is 0.0742. The maximum absolute atomic E-state index is 10.9. The van der Waals surface area contributed by atoms with Gasteiger partial charge in [0.05, 0.1) is 13.2 Å². The van der Waals surface area contributed by atoms with Gasteiger partial charge in [-0.05, 0) is 20.8 Å². The molecule has 90 valence electrons. The summed E-state index contributed by atoms with van der Waals surface area (Å²) in [7, 11) is 0. The second-order valence-electron chi connectivity index (χ2n) is 2.78. The Kier molecular flexibility index (Phi) is 7.29. The van der Waals surface area contributed by atoms with Crippen molar-refractivity contribution in [3.05, 3.63) is 0 Å². The summed E-state index contributed by atoms with van der Waals surface area (Å²) in [5, 5.41) is 0. The average Bonchev–Trinajstić information content (AvgIpc) is 2.14. The highest BCUT2D eigenvalue weighted by Gasteiger charge is 2.36. The van der Waals surface area contributed by atoms with E-state index in [4.69, 9.17) is 18.9 Å². The first-order valence-electron chi connectivity index (χ1n) is 5.15. The molecule has 0 aliphatic heterocycles. The molecule has 0 spiro atoms. The van der Waals surface area contributed by atoms with Crippen LogP contribution in [0, 0.1) is 0 Å². The fourth-order valence-corrected chi connectivity index (χ4v) is 1.10. The summed E-state index contributed by atoms with van der Waals surface area (Å²) in [6.45, 7) is 8.07. The summed E-state index contributed by atoms with van der Waals surface area (Å²) in [6, 6.07) is 0. The normalized spacial score (nSPS) is 11.5. The van der Waals surface area contributed by atoms with Crippen LogP contribution < -0.4 is 0 Å². The Morgan fingerprint density at radius 3 is 1.93 bits per heavy atom. The smallest absolute Gasteiger partial charge is 0.353 e. The molecule has 0 amide bonds. The average molecular weight is 220 g/mol. The molecular formula is C10H20O5. The summed E-state index contributed by atoms with van der Waals surface area (Å²) in [6.07, 6.45) is 0. The van der Waals surface area contributed by atoms with Gasteiger partial charge in [-0.2, -0.15) is 0 Å². The van der Waals surface area contributed by atoms with Gasteiger partial charge in [-0.3, -0.25) is 4.79 Å². The first-order chi connectivity index (χ1) is 7.10. The first kappa shape index (κ1) is 14.3. The molecule has 0 unspecified atom stereocenters. The van der Waals surface area contributed by atoms with E-state index in [1.807, 2.05) is 6.92 Å². The third kappa shape index (κ3) is 5.71. The standard InChI is InChI=1S/C10H20O5/c1-5-12-8-10(13-6-2,14-7-3)15-9(4)11/h5-8H2,1-4H3. The van der Waals surface area contributed by atoms with Crippen molar-refractivity contribution >= 4 is 5.97 Å². The van der Waals surface area contributed by atoms with Gasteiger partial charge in [0.15, 0.2) is 0 Å². The Morgan fingerprint density at radius 1 is 1.07 bits per heavy atom. The van der Waals surface area contributed by atoms with Crippen LogP contribution in [-0.2, 0) is 23.7 Å². The van der Waals surface area contributed by atoms with Crippen molar-refractivity contribution in [2.75, 3.05) is 26.4 Å². The highest BCUT2D eigenvalue weighted by atomic mass is 16.9. The molecule has 0 fully saturated rings. The van der Waals surface area contributed by atoms with E-state index in [1.54, 1.807) is 13.8 Å². The second-order valence-corrected chi connectivity index (χ2v) is 2.78. The molecule has 0 radical (unpaired) electrons. The summed E-state index contributed by atoms with van der Waals surface area (Å²) >= 11 is 0. The van der Waals surface area contributed by atoms with Crippen LogP contribution in [0.15, 0.2) is 0 Å². The number of ether oxygens (including phenoxy) is 4. The van der Waals surface area contributed by atoms with Crippen molar-refractivity contribution in [2.24, 2.45) is 0 Å². The maximum Gasteiger partial charge on any atom is 0.353 e. The van der Waals surface area contributed by atoms with E-state index in [1.165, 1.54) is 6.92 Å². The predicted molar refractivity (Wildman–Crippen MR) is 54.2 cm³/mol. The molecule has 0 rings (SSSR count). The first-order valence-corrected chi connectivity index (χ1v) is 5.15. The molecule has 0 aromatic heterocycles. The van der Waals surface area contributed by atoms with Crippen LogP contribution in [0.3, 0.4) is 0 Å². The molecule has 15 heavy (non-hydrogen) atoms. The van der Waals surface area contributed by atoms with Crippen molar-refractivity contribution in [3.8, 4) is 0 Å². The van der Waals surface area contributed by atoms with Gasteiger partial charge in [0, 0.05) is 13.5 Å². The SMILES string of the molecule is CCOCC(OCC)(OCC)OC(C)=O. The number of hydrogen-bond acceptors (Lipinski definition) is 5. The van der Waals surface area contributed by atoms with Crippen molar-refractivity contribution in [1.82, 2.24) is 0 Å². The predicted octanol–water partition coefficient (Wildman–Crippen LogP) is 1.31. The molecule has 5 heteroatoms. The molecule has 0 saturated carbocycles. The number of hydrogen-bond donors (Lipinski definition) is 0. The Morgan fingerprint density at radius 2 is 1.60 bits per heavy atom. The lowest BCUT2D eigenvalue weighted by molar-refractivity contribution is -0.374. The van der Waals surface area contributed by atoms with E-state index < -0.39 is 11.9 Å². The Labute approximate surface area is 90.6 Å². The molecule has 0 N–H and O–H groups in total. The lowest BCUT2D eigenvalue weighted by atomic mass is 10.5. The van der Waals surface area contributed by atoms with Gasteiger partial charge in [0.2, 0.25) is 0 Å². The van der Waals surface area contributed by atoms with Crippen LogP contribution in [0.5, 0.6) is 0 Å². The molecule has 0 saturated heterocycles. The van der Waals surface area contributed by atoms with Crippen LogP contribution in [-0.4, -0.2) is 38.4 Å². The zero-order chi connectivity index (χ0) is 11.7. The third-order valence-corrected chi connectivity index (χ3v) is 1.51. The quantitative estimate of drug-likeness (QED) is 0.456. The van der Waals surface area contributed by atoms with E-state index in [2.05, 4.69) is 0 Å². The zero-order valence-corrected chi connectivity index (χ0v) is 9.87. The molecule has 0 heterocycles. The molecule has 5 nitrogen and oxygen atoms in total. The van der Waals surface area contributed by atoms with Crippen molar-refractivity contribution in [1.29, 1.82) is 0 Å². The topological polar surface area (TPSA) is 54.0 Å². The fraction of sp³-hybridized carbons (Fsp3) is 0.900. The van der Waals surface area contributed by atoms with Crippen molar-refractivity contribution in [2.45, 2.75) is 33.7 Å². The van der Waals surface area contributed by atoms with E-state index >= 15 is 0 Å². The van der Waals surface area contributed by atoms with Gasteiger partial charge in [-0.25, -0.2) is 0 Å². The van der Waals surface area contributed by atoms with Gasteiger partial charge >= 0.3 is 11.9 Å². The summed E-state index contributed by atoms with van der Waals surface area (Å²) in [5.74, 6) is -1.86. The Hall–Kier alpha value is -0.650. The number of esters is 1. The van der Waals surface area contributed by atoms with Gasteiger partial charge in [-0.1, -0.05) is 0 Å². The van der Waals surface area contributed by atoms with Gasteiger partial charge in [0.25, 0.3) is 0 Å². The van der Waals surface area contributed by atoms with Gasteiger partial charge in [0.1, 0.15) is 6.61 Å². The van der Waals surface area contributed by atoms with E-state index in [9.17, 15) is 4.79 Å².